The van der Waals surface area contributed by atoms with Crippen molar-refractivity contribution in [1.29, 1.82) is 0 Å². The van der Waals surface area contributed by atoms with E-state index in [0.717, 1.165) is 4.88 Å². The van der Waals surface area contributed by atoms with Crippen molar-refractivity contribution in [2.24, 2.45) is 11.3 Å². The van der Waals surface area contributed by atoms with E-state index in [2.05, 4.69) is 37.4 Å². The number of halogens is 1. The number of rotatable bonds is 3. The SMILES string of the molecule is CNC(=O)C1(C)C(O)[C@@H](O)[C@H](n2cnc3c(NC)nc(C#Cc4ccc(Cl)s4)nc32)[C@H]1C. The number of fused-ring (bicyclic) bond motifs is 1. The van der Waals surface area contributed by atoms with E-state index in [1.807, 2.05) is 13.0 Å². The third-order valence-electron chi connectivity index (χ3n) is 6.31. The summed E-state index contributed by atoms with van der Waals surface area (Å²) < 4.78 is 2.33. The molecule has 0 aliphatic heterocycles. The van der Waals surface area contributed by atoms with E-state index in [4.69, 9.17) is 11.6 Å². The molecule has 0 bridgehead atoms. The lowest BCUT2D eigenvalue weighted by Crippen LogP contribution is -2.47. The van der Waals surface area contributed by atoms with Crippen LogP contribution in [0.25, 0.3) is 11.2 Å². The molecule has 0 saturated heterocycles. The smallest absolute Gasteiger partial charge is 0.228 e. The minimum absolute atomic E-state index is 0.267. The molecule has 1 fully saturated rings. The number of carbonyl (C=O) groups excluding carboxylic acids is 1. The lowest BCUT2D eigenvalue weighted by molar-refractivity contribution is -0.139. The fraction of sp³-hybridized carbons (Fsp3) is 0.429. The van der Waals surface area contributed by atoms with Gasteiger partial charge >= 0.3 is 0 Å². The summed E-state index contributed by atoms with van der Waals surface area (Å²) >= 11 is 7.32. The number of anilines is 1. The van der Waals surface area contributed by atoms with Crippen molar-refractivity contribution in [2.75, 3.05) is 19.4 Å². The molecule has 3 aromatic rings. The van der Waals surface area contributed by atoms with Gasteiger partial charge in [-0.1, -0.05) is 18.5 Å². The van der Waals surface area contributed by atoms with E-state index in [0.29, 0.717) is 21.3 Å². The van der Waals surface area contributed by atoms with Crippen molar-refractivity contribution in [3.05, 3.63) is 33.5 Å². The number of aliphatic hydroxyl groups is 2. The molecule has 11 heteroatoms. The molecule has 32 heavy (non-hydrogen) atoms. The number of aliphatic hydroxyl groups excluding tert-OH is 2. The summed E-state index contributed by atoms with van der Waals surface area (Å²) in [6.07, 6.45) is -0.905. The number of imidazole rings is 1. The van der Waals surface area contributed by atoms with Crippen molar-refractivity contribution in [3.63, 3.8) is 0 Å². The second-order valence-electron chi connectivity index (χ2n) is 7.90. The molecule has 0 aromatic carbocycles. The van der Waals surface area contributed by atoms with E-state index in [-0.39, 0.29) is 11.7 Å². The van der Waals surface area contributed by atoms with E-state index < -0.39 is 29.6 Å². The summed E-state index contributed by atoms with van der Waals surface area (Å²) in [7, 11) is 3.23. The second-order valence-corrected chi connectivity index (χ2v) is 9.62. The summed E-state index contributed by atoms with van der Waals surface area (Å²) in [5, 5.41) is 27.3. The Hall–Kier alpha value is -2.71. The lowest BCUT2D eigenvalue weighted by atomic mass is 9.77. The zero-order chi connectivity index (χ0) is 23.2. The van der Waals surface area contributed by atoms with E-state index in [9.17, 15) is 15.0 Å². The average Bonchev–Trinajstić information content (AvgIpc) is 3.45. The molecule has 0 spiro atoms. The summed E-state index contributed by atoms with van der Waals surface area (Å²) in [4.78, 5) is 26.8. The van der Waals surface area contributed by atoms with Gasteiger partial charge in [-0.05, 0) is 36.8 Å². The molecule has 1 aliphatic rings. The fourth-order valence-corrected chi connectivity index (χ4v) is 5.24. The largest absolute Gasteiger partial charge is 0.389 e. The minimum atomic E-state index is -1.26. The molecule has 1 saturated carbocycles. The van der Waals surface area contributed by atoms with E-state index >= 15 is 0 Å². The molecule has 2 unspecified atom stereocenters. The highest BCUT2D eigenvalue weighted by Crippen LogP contribution is 2.50. The van der Waals surface area contributed by atoms with Crippen molar-refractivity contribution < 1.29 is 15.0 Å². The first-order chi connectivity index (χ1) is 15.2. The lowest BCUT2D eigenvalue weighted by Gasteiger charge is -2.31. The van der Waals surface area contributed by atoms with Gasteiger partial charge in [-0.15, -0.1) is 11.3 Å². The van der Waals surface area contributed by atoms with Gasteiger partial charge in [0.1, 0.15) is 6.10 Å². The van der Waals surface area contributed by atoms with Crippen molar-refractivity contribution in [2.45, 2.75) is 32.1 Å². The van der Waals surface area contributed by atoms with E-state index in [1.54, 1.807) is 30.9 Å². The van der Waals surface area contributed by atoms with Gasteiger partial charge in [-0.3, -0.25) is 4.79 Å². The first-order valence-corrected chi connectivity index (χ1v) is 11.2. The number of hydrogen-bond acceptors (Lipinski definition) is 8. The van der Waals surface area contributed by atoms with Crippen molar-refractivity contribution in [1.82, 2.24) is 24.8 Å². The number of aromatic nitrogens is 4. The number of carbonyl (C=O) groups is 1. The van der Waals surface area contributed by atoms with Crippen LogP contribution in [0.1, 0.15) is 30.6 Å². The molecule has 168 valence electrons. The van der Waals surface area contributed by atoms with Crippen LogP contribution in [0.5, 0.6) is 0 Å². The normalized spacial score (nSPS) is 27.2. The molecule has 0 radical (unpaired) electrons. The van der Waals surface area contributed by atoms with Gasteiger partial charge in [0.2, 0.25) is 11.7 Å². The molecule has 3 heterocycles. The van der Waals surface area contributed by atoms with Crippen LogP contribution in [0, 0.1) is 23.2 Å². The molecule has 4 N–H and O–H groups in total. The van der Waals surface area contributed by atoms with Crippen LogP contribution in [-0.4, -0.2) is 61.9 Å². The Balaban J connectivity index is 1.82. The van der Waals surface area contributed by atoms with E-state index in [1.165, 1.54) is 18.4 Å². The standard InChI is InChI=1S/C21H23ClN6O3S/c1-10-15(16(29)17(30)21(10,2)20(31)24-4)28-9-25-14-18(23-3)26-13(27-19(14)28)8-6-11-5-7-12(22)32-11/h5,7,9-10,15-17,29-30H,1-4H3,(H,24,31)(H,23,26,27)/t10-,15-,16+,17?,21?/m1/s1. The van der Waals surface area contributed by atoms with Gasteiger partial charge in [0.15, 0.2) is 17.0 Å². The predicted molar refractivity (Wildman–Crippen MR) is 123 cm³/mol. The zero-order valence-electron chi connectivity index (χ0n) is 17.9. The van der Waals surface area contributed by atoms with Crippen LogP contribution in [0.3, 0.4) is 0 Å². The third kappa shape index (κ3) is 3.42. The third-order valence-corrected chi connectivity index (χ3v) is 7.46. The van der Waals surface area contributed by atoms with Gasteiger partial charge < -0.3 is 25.4 Å². The summed E-state index contributed by atoms with van der Waals surface area (Å²) in [6.45, 7) is 3.48. The maximum absolute atomic E-state index is 12.6. The maximum atomic E-state index is 12.6. The highest BCUT2D eigenvalue weighted by atomic mass is 35.5. The van der Waals surface area contributed by atoms with Crippen LogP contribution in [0.15, 0.2) is 18.5 Å². The number of nitrogens with zero attached hydrogens (tertiary/aromatic N) is 4. The van der Waals surface area contributed by atoms with Crippen LogP contribution < -0.4 is 10.6 Å². The minimum Gasteiger partial charge on any atom is -0.389 e. The van der Waals surface area contributed by atoms with Crippen LogP contribution in [-0.2, 0) is 4.79 Å². The number of nitrogens with one attached hydrogen (secondary N) is 2. The van der Waals surface area contributed by atoms with Gasteiger partial charge in [0.25, 0.3) is 0 Å². The molecule has 3 aromatic heterocycles. The maximum Gasteiger partial charge on any atom is 0.228 e. The molecular formula is C21H23ClN6O3S. The van der Waals surface area contributed by atoms with Gasteiger partial charge in [0, 0.05) is 14.1 Å². The monoisotopic (exact) mass is 474 g/mol. The Kier molecular flexibility index (Phi) is 5.85. The Morgan fingerprint density at radius 2 is 2.03 bits per heavy atom. The quantitative estimate of drug-likeness (QED) is 0.425. The average molecular weight is 475 g/mol. The molecular weight excluding hydrogens is 452 g/mol. The summed E-state index contributed by atoms with van der Waals surface area (Å²) in [6, 6.07) is 2.96. The Labute approximate surface area is 193 Å². The zero-order valence-corrected chi connectivity index (χ0v) is 19.5. The number of hydrogen-bond donors (Lipinski definition) is 4. The summed E-state index contributed by atoms with van der Waals surface area (Å²) in [5.41, 5.74) is -0.239. The highest BCUT2D eigenvalue weighted by molar-refractivity contribution is 7.16. The Morgan fingerprint density at radius 3 is 2.66 bits per heavy atom. The van der Waals surface area contributed by atoms with Gasteiger partial charge in [-0.25, -0.2) is 15.0 Å². The Morgan fingerprint density at radius 1 is 1.28 bits per heavy atom. The van der Waals surface area contributed by atoms with Crippen LogP contribution >= 0.6 is 22.9 Å². The molecule has 9 nitrogen and oxygen atoms in total. The predicted octanol–water partition coefficient (Wildman–Crippen LogP) is 1.65. The first-order valence-electron chi connectivity index (χ1n) is 10.00. The van der Waals surface area contributed by atoms with Gasteiger partial charge in [0.05, 0.1) is 33.1 Å². The first kappa shape index (κ1) is 22.5. The molecule has 1 amide bonds. The molecule has 5 atom stereocenters. The molecule has 4 rings (SSSR count). The topological polar surface area (TPSA) is 125 Å². The Bertz CT molecular complexity index is 1250. The fourth-order valence-electron chi connectivity index (χ4n) is 4.34. The highest BCUT2D eigenvalue weighted by Gasteiger charge is 2.59. The summed E-state index contributed by atoms with van der Waals surface area (Å²) in [5.74, 6) is 5.94. The number of thiophene rings is 1. The van der Waals surface area contributed by atoms with Crippen LogP contribution in [0.4, 0.5) is 5.82 Å². The van der Waals surface area contributed by atoms with Crippen molar-refractivity contribution in [3.8, 4) is 11.8 Å². The van der Waals surface area contributed by atoms with Crippen LogP contribution in [0.2, 0.25) is 4.34 Å². The second kappa shape index (κ2) is 8.33. The van der Waals surface area contributed by atoms with Crippen molar-refractivity contribution >= 4 is 45.8 Å². The van der Waals surface area contributed by atoms with Gasteiger partial charge in [-0.2, -0.15) is 0 Å². The molecule has 1 aliphatic carbocycles. The number of amides is 1.